The lowest BCUT2D eigenvalue weighted by Crippen LogP contribution is -1.89. The number of rotatable bonds is 2. The van der Waals surface area contributed by atoms with Crippen LogP contribution in [-0.4, -0.2) is 7.11 Å². The van der Waals surface area contributed by atoms with E-state index in [0.717, 1.165) is 21.3 Å². The molecule has 0 fully saturated rings. The van der Waals surface area contributed by atoms with Gasteiger partial charge in [0, 0.05) is 5.56 Å². The van der Waals surface area contributed by atoms with Gasteiger partial charge < -0.3 is 4.74 Å². The fourth-order valence-corrected chi connectivity index (χ4v) is 2.83. The van der Waals surface area contributed by atoms with Gasteiger partial charge in [0.05, 0.1) is 11.6 Å². The molecule has 0 bridgehead atoms. The molecular weight excluding hydrogens is 300 g/mol. The van der Waals surface area contributed by atoms with Crippen LogP contribution < -0.4 is 4.74 Å². The van der Waals surface area contributed by atoms with E-state index in [4.69, 9.17) is 4.74 Å². The Balaban J connectivity index is 2.22. The molecule has 0 heterocycles. The third-order valence-corrected chi connectivity index (χ3v) is 3.86. The zero-order chi connectivity index (χ0) is 13.2. The molecule has 1 nitrogen and oxygen atoms in total. The van der Waals surface area contributed by atoms with Crippen LogP contribution in [0, 0.1) is 0 Å². The zero-order valence-corrected chi connectivity index (χ0v) is 12.1. The van der Waals surface area contributed by atoms with E-state index in [-0.39, 0.29) is 0 Å². The fourth-order valence-electron chi connectivity index (χ4n) is 2.30. The van der Waals surface area contributed by atoms with Gasteiger partial charge >= 0.3 is 0 Å². The molecule has 0 saturated heterocycles. The van der Waals surface area contributed by atoms with E-state index in [1.807, 2.05) is 12.1 Å². The summed E-state index contributed by atoms with van der Waals surface area (Å²) in [5, 5.41) is 2.49. The first-order valence-electron chi connectivity index (χ1n) is 6.11. The Morgan fingerprint density at radius 2 is 1.63 bits per heavy atom. The molecule has 3 aromatic carbocycles. The maximum Gasteiger partial charge on any atom is 0.140 e. The van der Waals surface area contributed by atoms with Crippen LogP contribution >= 0.6 is 15.9 Å². The van der Waals surface area contributed by atoms with Gasteiger partial charge in [-0.3, -0.25) is 0 Å². The van der Waals surface area contributed by atoms with Crippen LogP contribution in [0.3, 0.4) is 0 Å². The second-order valence-corrected chi connectivity index (χ2v) is 5.24. The first-order valence-corrected chi connectivity index (χ1v) is 6.90. The van der Waals surface area contributed by atoms with Gasteiger partial charge in [-0.05, 0) is 44.4 Å². The van der Waals surface area contributed by atoms with Crippen LogP contribution in [0.25, 0.3) is 21.9 Å². The largest absolute Gasteiger partial charge is 0.495 e. The average Bonchev–Trinajstić information content (AvgIpc) is 2.46. The van der Waals surface area contributed by atoms with Crippen LogP contribution in [0.1, 0.15) is 0 Å². The van der Waals surface area contributed by atoms with Crippen molar-refractivity contribution in [3.05, 3.63) is 65.1 Å². The van der Waals surface area contributed by atoms with Crippen molar-refractivity contribution in [3.8, 4) is 16.9 Å². The van der Waals surface area contributed by atoms with Crippen molar-refractivity contribution >= 4 is 26.7 Å². The summed E-state index contributed by atoms with van der Waals surface area (Å²) < 4.78 is 6.47. The lowest BCUT2D eigenvalue weighted by Gasteiger charge is -2.11. The lowest BCUT2D eigenvalue weighted by atomic mass is 10.0. The van der Waals surface area contributed by atoms with Crippen molar-refractivity contribution in [3.63, 3.8) is 0 Å². The van der Waals surface area contributed by atoms with Gasteiger partial charge in [0.2, 0.25) is 0 Å². The third kappa shape index (κ3) is 2.24. The molecule has 0 atom stereocenters. The molecule has 0 radical (unpaired) electrons. The molecular formula is C17H13BrO. The molecule has 0 aliphatic heterocycles. The van der Waals surface area contributed by atoms with Gasteiger partial charge in [0.25, 0.3) is 0 Å². The molecule has 94 valence electrons. The number of fused-ring (bicyclic) bond motifs is 1. The predicted molar refractivity (Wildman–Crippen MR) is 83.6 cm³/mol. The molecule has 3 rings (SSSR count). The second kappa shape index (κ2) is 5.06. The molecule has 19 heavy (non-hydrogen) atoms. The number of methoxy groups -OCH3 is 1. The van der Waals surface area contributed by atoms with E-state index in [9.17, 15) is 0 Å². The highest BCUT2D eigenvalue weighted by molar-refractivity contribution is 9.10. The molecule has 0 spiro atoms. The van der Waals surface area contributed by atoms with Gasteiger partial charge in [0.1, 0.15) is 5.75 Å². The highest BCUT2D eigenvalue weighted by Gasteiger charge is 2.09. The summed E-state index contributed by atoms with van der Waals surface area (Å²) >= 11 is 3.53. The van der Waals surface area contributed by atoms with E-state index in [2.05, 4.69) is 64.5 Å². The lowest BCUT2D eigenvalue weighted by molar-refractivity contribution is 0.414. The molecule has 3 aromatic rings. The molecule has 0 aromatic heterocycles. The normalized spacial score (nSPS) is 10.6. The van der Waals surface area contributed by atoms with E-state index >= 15 is 0 Å². The van der Waals surface area contributed by atoms with Crippen molar-refractivity contribution < 1.29 is 4.74 Å². The van der Waals surface area contributed by atoms with Crippen molar-refractivity contribution in [1.29, 1.82) is 0 Å². The van der Waals surface area contributed by atoms with Gasteiger partial charge in [-0.15, -0.1) is 0 Å². The topological polar surface area (TPSA) is 9.23 Å². The van der Waals surface area contributed by atoms with Crippen molar-refractivity contribution in [2.24, 2.45) is 0 Å². The van der Waals surface area contributed by atoms with Gasteiger partial charge in [-0.2, -0.15) is 0 Å². The summed E-state index contributed by atoms with van der Waals surface area (Å²) in [4.78, 5) is 0. The first-order chi connectivity index (χ1) is 9.29. The SMILES string of the molecule is COc1c(Br)cccc1-c1ccc2ccccc2c1. The molecule has 2 heteroatoms. The highest BCUT2D eigenvalue weighted by atomic mass is 79.9. The van der Waals surface area contributed by atoms with Crippen molar-refractivity contribution in [2.45, 2.75) is 0 Å². The maximum atomic E-state index is 5.50. The molecule has 0 saturated carbocycles. The predicted octanol–water partition coefficient (Wildman–Crippen LogP) is 5.28. The zero-order valence-electron chi connectivity index (χ0n) is 10.6. The van der Waals surface area contributed by atoms with E-state index in [0.29, 0.717) is 0 Å². The Kier molecular flexibility index (Phi) is 3.26. The van der Waals surface area contributed by atoms with Gasteiger partial charge in [0.15, 0.2) is 0 Å². The number of ether oxygens (including phenoxy) is 1. The third-order valence-electron chi connectivity index (χ3n) is 3.23. The summed E-state index contributed by atoms with van der Waals surface area (Å²) in [7, 11) is 1.70. The van der Waals surface area contributed by atoms with Crippen LogP contribution in [0.5, 0.6) is 5.75 Å². The minimum Gasteiger partial charge on any atom is -0.495 e. The minimum absolute atomic E-state index is 0.873. The first kappa shape index (κ1) is 12.2. The van der Waals surface area contributed by atoms with E-state index in [1.54, 1.807) is 7.11 Å². The summed E-state index contributed by atoms with van der Waals surface area (Å²) in [5.41, 5.74) is 2.26. The van der Waals surface area contributed by atoms with Crippen LogP contribution in [0.4, 0.5) is 0 Å². The second-order valence-electron chi connectivity index (χ2n) is 4.38. The highest BCUT2D eigenvalue weighted by Crippen LogP contribution is 2.37. The quantitative estimate of drug-likeness (QED) is 0.625. The van der Waals surface area contributed by atoms with Crippen molar-refractivity contribution in [2.75, 3.05) is 7.11 Å². The number of hydrogen-bond donors (Lipinski definition) is 0. The summed E-state index contributed by atoms with van der Waals surface area (Å²) in [6, 6.07) is 20.9. The standard InChI is InChI=1S/C17H13BrO/c1-19-17-15(7-4-8-16(17)18)14-10-9-12-5-2-3-6-13(12)11-14/h2-11H,1H3. The van der Waals surface area contributed by atoms with Gasteiger partial charge in [-0.1, -0.05) is 48.5 Å². The van der Waals surface area contributed by atoms with Crippen LogP contribution in [-0.2, 0) is 0 Å². The summed E-state index contributed by atoms with van der Waals surface area (Å²) in [5.74, 6) is 0.873. The van der Waals surface area contributed by atoms with E-state index < -0.39 is 0 Å². The molecule has 0 unspecified atom stereocenters. The Hall–Kier alpha value is -1.80. The Morgan fingerprint density at radius 1 is 0.842 bits per heavy atom. The molecule has 0 N–H and O–H groups in total. The number of hydrogen-bond acceptors (Lipinski definition) is 1. The Labute approximate surface area is 121 Å². The van der Waals surface area contributed by atoms with Crippen molar-refractivity contribution in [1.82, 2.24) is 0 Å². The summed E-state index contributed by atoms with van der Waals surface area (Å²) in [6.45, 7) is 0. The Morgan fingerprint density at radius 3 is 2.42 bits per heavy atom. The van der Waals surface area contributed by atoms with Crippen LogP contribution in [0.15, 0.2) is 65.1 Å². The fraction of sp³-hybridized carbons (Fsp3) is 0.0588. The van der Waals surface area contributed by atoms with Crippen LogP contribution in [0.2, 0.25) is 0 Å². The average molecular weight is 313 g/mol. The van der Waals surface area contributed by atoms with Gasteiger partial charge in [-0.25, -0.2) is 0 Å². The minimum atomic E-state index is 0.873. The maximum absolute atomic E-state index is 5.50. The number of halogens is 1. The smallest absolute Gasteiger partial charge is 0.140 e. The molecule has 0 aliphatic rings. The Bertz CT molecular complexity index is 734. The molecule has 0 aliphatic carbocycles. The summed E-state index contributed by atoms with van der Waals surface area (Å²) in [6.07, 6.45) is 0. The molecule has 0 amide bonds. The monoisotopic (exact) mass is 312 g/mol. The number of benzene rings is 3. The van der Waals surface area contributed by atoms with E-state index in [1.165, 1.54) is 10.8 Å². The number of para-hydroxylation sites is 1.